The number of halogens is 2. The lowest BCUT2D eigenvalue weighted by Crippen LogP contribution is -2.54. The lowest BCUT2D eigenvalue weighted by atomic mass is 9.69. The second-order valence-electron chi connectivity index (χ2n) is 9.20. The van der Waals surface area contributed by atoms with Crippen molar-refractivity contribution in [3.63, 3.8) is 0 Å². The van der Waals surface area contributed by atoms with Crippen molar-refractivity contribution in [3.05, 3.63) is 69.7 Å². The first-order valence-electron chi connectivity index (χ1n) is 11.0. The molecule has 3 atom stereocenters. The van der Waals surface area contributed by atoms with Gasteiger partial charge in [0.2, 0.25) is 5.91 Å². The fraction of sp³-hybridized carbons (Fsp3) is 0.480. The van der Waals surface area contributed by atoms with Crippen LogP contribution in [0.4, 0.5) is 0 Å². The van der Waals surface area contributed by atoms with Crippen LogP contribution in [0.1, 0.15) is 62.6 Å². The van der Waals surface area contributed by atoms with Gasteiger partial charge in [-0.3, -0.25) is 4.79 Å². The maximum atomic E-state index is 13.8. The summed E-state index contributed by atoms with van der Waals surface area (Å²) in [4.78, 5) is 15.7. The van der Waals surface area contributed by atoms with Crippen molar-refractivity contribution in [2.24, 2.45) is 5.41 Å². The number of rotatable bonds is 8. The molecule has 2 aromatic carbocycles. The zero-order valence-electron chi connectivity index (χ0n) is 18.9. The van der Waals surface area contributed by atoms with E-state index in [1.807, 2.05) is 53.4 Å². The largest absolute Gasteiger partial charge is 0.335 e. The Labute approximate surface area is 201 Å². The smallest absolute Gasteiger partial charge is 0.230 e. The molecule has 2 aromatic rings. The van der Waals surface area contributed by atoms with E-state index >= 15 is 0 Å². The van der Waals surface area contributed by atoms with Crippen molar-refractivity contribution < 1.29 is 13.2 Å². The summed E-state index contributed by atoms with van der Waals surface area (Å²) in [6.07, 6.45) is 4.53. The monoisotopic (exact) mass is 495 g/mol. The van der Waals surface area contributed by atoms with Gasteiger partial charge >= 0.3 is 0 Å². The summed E-state index contributed by atoms with van der Waals surface area (Å²) < 4.78 is 24.6. The van der Waals surface area contributed by atoms with Gasteiger partial charge in [0.15, 0.2) is 0 Å². The second-order valence-corrected chi connectivity index (χ2v) is 12.2. The average Bonchev–Trinajstić information content (AvgIpc) is 2.71. The van der Waals surface area contributed by atoms with Gasteiger partial charge in [0, 0.05) is 28.8 Å². The summed E-state index contributed by atoms with van der Waals surface area (Å²) in [5, 5.41) is 1.26. The summed E-state index contributed by atoms with van der Waals surface area (Å²) in [6, 6.07) is 15.1. The number of likely N-dealkylation sites (tertiary alicyclic amines) is 1. The topological polar surface area (TPSA) is 54.5 Å². The van der Waals surface area contributed by atoms with Crippen LogP contribution in [0.25, 0.3) is 0 Å². The summed E-state index contributed by atoms with van der Waals surface area (Å²) in [5.74, 6) is -0.369. The number of carbonyl (C=O) groups excluding carboxylic acids is 1. The Morgan fingerprint density at radius 2 is 1.72 bits per heavy atom. The van der Waals surface area contributed by atoms with E-state index in [1.54, 1.807) is 6.92 Å². The second kappa shape index (κ2) is 10.1. The van der Waals surface area contributed by atoms with Crippen LogP contribution in [-0.2, 0) is 14.6 Å². The first-order chi connectivity index (χ1) is 15.0. The van der Waals surface area contributed by atoms with Crippen molar-refractivity contribution in [1.82, 2.24) is 4.90 Å². The number of piperidine rings is 1. The first kappa shape index (κ1) is 25.1. The summed E-state index contributed by atoms with van der Waals surface area (Å²) in [5.41, 5.74) is 0.992. The van der Waals surface area contributed by atoms with Crippen LogP contribution in [0.15, 0.2) is 48.5 Å². The van der Waals surface area contributed by atoms with Crippen LogP contribution in [0.2, 0.25) is 10.0 Å². The Kier molecular flexibility index (Phi) is 7.95. The minimum Gasteiger partial charge on any atom is -0.335 e. The molecule has 3 rings (SSSR count). The molecule has 1 amide bonds. The van der Waals surface area contributed by atoms with E-state index in [1.165, 1.54) is 6.26 Å². The van der Waals surface area contributed by atoms with E-state index in [0.717, 1.165) is 30.4 Å². The molecule has 0 saturated carbocycles. The molecule has 0 aromatic heterocycles. The normalized spacial score (nSPS) is 24.0. The Morgan fingerprint density at radius 1 is 1.03 bits per heavy atom. The van der Waals surface area contributed by atoms with Gasteiger partial charge in [-0.1, -0.05) is 67.2 Å². The minimum absolute atomic E-state index is 0.0963. The summed E-state index contributed by atoms with van der Waals surface area (Å²) in [6.45, 7) is 4.49. The molecule has 1 heterocycles. The number of hydrogen-bond donors (Lipinski definition) is 0. The lowest BCUT2D eigenvalue weighted by Gasteiger charge is -2.49. The third-order valence-corrected chi connectivity index (χ3v) is 7.88. The number of hydrogen-bond acceptors (Lipinski definition) is 3. The molecule has 0 aliphatic carbocycles. The van der Waals surface area contributed by atoms with E-state index in [9.17, 15) is 13.2 Å². The molecule has 0 unspecified atom stereocenters. The molecule has 1 aliphatic heterocycles. The van der Waals surface area contributed by atoms with Crippen LogP contribution < -0.4 is 0 Å². The van der Waals surface area contributed by atoms with E-state index in [4.69, 9.17) is 23.2 Å². The lowest BCUT2D eigenvalue weighted by molar-refractivity contribution is -0.149. The minimum atomic E-state index is -3.36. The molecule has 32 heavy (non-hydrogen) atoms. The van der Waals surface area contributed by atoms with Crippen LogP contribution in [0.5, 0.6) is 0 Å². The van der Waals surface area contributed by atoms with Crippen LogP contribution in [-0.4, -0.2) is 37.8 Å². The standard InChI is InChI=1S/C25H31Cl2NO3S/c1-4-5-6-14-28-23(18-10-12-20(26)13-11-18)22(19-8-7-9-21(27)15-19)16-25(2,24(28)29)17-32(3,30)31/h7-13,15,22-23H,4-6,14,16-17H2,1-3H3/t22-,23-,25-/m1/s1. The molecule has 0 bridgehead atoms. The zero-order valence-corrected chi connectivity index (χ0v) is 21.2. The Morgan fingerprint density at radius 3 is 2.31 bits per heavy atom. The van der Waals surface area contributed by atoms with Gasteiger partial charge in [-0.2, -0.15) is 0 Å². The average molecular weight is 497 g/mol. The number of sulfone groups is 1. The number of benzene rings is 2. The third-order valence-electron chi connectivity index (χ3n) is 6.24. The quantitative estimate of drug-likeness (QED) is 0.404. The molecule has 174 valence electrons. The molecule has 0 N–H and O–H groups in total. The fourth-order valence-corrected chi connectivity index (χ4v) is 6.68. The molecule has 7 heteroatoms. The molecule has 1 aliphatic rings. The van der Waals surface area contributed by atoms with Gasteiger partial charge in [0.25, 0.3) is 0 Å². The number of carbonyl (C=O) groups is 1. The van der Waals surface area contributed by atoms with Crippen molar-refractivity contribution in [2.75, 3.05) is 18.6 Å². The third kappa shape index (κ3) is 5.86. The van der Waals surface area contributed by atoms with Crippen molar-refractivity contribution in [2.45, 2.75) is 51.5 Å². The zero-order chi connectivity index (χ0) is 23.5. The number of nitrogens with zero attached hydrogens (tertiary/aromatic N) is 1. The van der Waals surface area contributed by atoms with E-state index in [0.29, 0.717) is 23.0 Å². The van der Waals surface area contributed by atoms with Gasteiger partial charge in [0.05, 0.1) is 17.2 Å². The summed E-state index contributed by atoms with van der Waals surface area (Å²) in [7, 11) is -3.36. The Bertz CT molecular complexity index is 1060. The molecule has 1 fully saturated rings. The maximum absolute atomic E-state index is 13.8. The van der Waals surface area contributed by atoms with Crippen LogP contribution >= 0.6 is 23.2 Å². The van der Waals surface area contributed by atoms with Crippen LogP contribution in [0.3, 0.4) is 0 Å². The predicted octanol–water partition coefficient (Wildman–Crippen LogP) is 6.29. The highest BCUT2D eigenvalue weighted by molar-refractivity contribution is 7.90. The molecular formula is C25H31Cl2NO3S. The SMILES string of the molecule is CCCCCN1C(=O)[C@@](C)(CS(C)(=O)=O)C[C@H](c2cccc(Cl)c2)[C@H]1c1ccc(Cl)cc1. The fourth-order valence-electron chi connectivity index (χ4n) is 4.96. The van der Waals surface area contributed by atoms with Gasteiger partial charge in [-0.25, -0.2) is 8.42 Å². The van der Waals surface area contributed by atoms with Gasteiger partial charge in [0.1, 0.15) is 9.84 Å². The van der Waals surface area contributed by atoms with Crippen molar-refractivity contribution >= 4 is 38.9 Å². The Hall–Kier alpha value is -1.56. The first-order valence-corrected chi connectivity index (χ1v) is 13.9. The van der Waals surface area contributed by atoms with Crippen molar-refractivity contribution in [1.29, 1.82) is 0 Å². The number of amides is 1. The highest BCUT2D eigenvalue weighted by Crippen LogP contribution is 2.50. The van der Waals surface area contributed by atoms with Crippen LogP contribution in [0, 0.1) is 5.41 Å². The molecule has 0 spiro atoms. The predicted molar refractivity (Wildman–Crippen MR) is 132 cm³/mol. The number of unbranched alkanes of at least 4 members (excludes halogenated alkanes) is 2. The van der Waals surface area contributed by atoms with E-state index in [2.05, 4.69) is 6.92 Å². The molecule has 1 saturated heterocycles. The van der Waals surface area contributed by atoms with Crippen molar-refractivity contribution in [3.8, 4) is 0 Å². The molecular weight excluding hydrogens is 465 g/mol. The molecule has 4 nitrogen and oxygen atoms in total. The highest BCUT2D eigenvalue weighted by Gasteiger charge is 2.50. The Balaban J connectivity index is 2.15. The highest BCUT2D eigenvalue weighted by atomic mass is 35.5. The maximum Gasteiger partial charge on any atom is 0.230 e. The van der Waals surface area contributed by atoms with Gasteiger partial charge in [-0.05, 0) is 55.2 Å². The molecule has 0 radical (unpaired) electrons. The summed E-state index contributed by atoms with van der Waals surface area (Å²) >= 11 is 12.5. The van der Waals surface area contributed by atoms with Gasteiger partial charge in [-0.15, -0.1) is 0 Å². The van der Waals surface area contributed by atoms with E-state index < -0.39 is 15.3 Å². The van der Waals surface area contributed by atoms with Gasteiger partial charge < -0.3 is 4.90 Å². The van der Waals surface area contributed by atoms with E-state index in [-0.39, 0.29) is 23.6 Å².